The highest BCUT2D eigenvalue weighted by molar-refractivity contribution is 9.10. The molecule has 1 aliphatic rings. The van der Waals surface area contributed by atoms with Crippen LogP contribution in [-0.4, -0.2) is 25.5 Å². The molecule has 2 rings (SSSR count). The number of hydrogen-bond donors (Lipinski definition) is 2. The normalized spacial score (nSPS) is 16.8. The molecule has 0 saturated carbocycles. The Morgan fingerprint density at radius 2 is 2.06 bits per heavy atom. The van der Waals surface area contributed by atoms with Crippen LogP contribution in [0.2, 0.25) is 0 Å². The number of piperidine rings is 1. The monoisotopic (exact) mass is 297 g/mol. The quantitative estimate of drug-likeness (QED) is 0.870. The molecule has 0 spiro atoms. The van der Waals surface area contributed by atoms with Crippen LogP contribution in [0.4, 0.5) is 5.69 Å². The van der Waals surface area contributed by atoms with Gasteiger partial charge in [0.25, 0.3) is 5.91 Å². The van der Waals surface area contributed by atoms with E-state index in [1.54, 1.807) is 0 Å². The first-order valence-corrected chi connectivity index (χ1v) is 6.92. The average molecular weight is 298 g/mol. The van der Waals surface area contributed by atoms with Gasteiger partial charge < -0.3 is 10.2 Å². The molecule has 1 fully saturated rings. The van der Waals surface area contributed by atoms with Crippen molar-refractivity contribution in [2.45, 2.75) is 19.3 Å². The molecule has 4 heteroatoms. The number of carbonyl (C=O) groups excluding carboxylic acids is 1. The third kappa shape index (κ3) is 4.13. The third-order valence-corrected chi connectivity index (χ3v) is 3.57. The maximum atomic E-state index is 11.8. The molecule has 2 N–H and O–H groups in total. The predicted octanol–water partition coefficient (Wildman–Crippen LogP) is 1.46. The molecule has 1 amide bonds. The average Bonchev–Trinajstić information content (AvgIpc) is 2.30. The van der Waals surface area contributed by atoms with Crippen molar-refractivity contribution in [2.75, 3.05) is 25.0 Å². The zero-order valence-electron chi connectivity index (χ0n) is 9.84. The molecule has 1 saturated heterocycles. The number of halogens is 1. The summed E-state index contributed by atoms with van der Waals surface area (Å²) in [6, 6.07) is 7.70. The molecule has 0 radical (unpaired) electrons. The van der Waals surface area contributed by atoms with E-state index in [9.17, 15) is 4.79 Å². The van der Waals surface area contributed by atoms with E-state index in [0.717, 1.165) is 23.2 Å². The van der Waals surface area contributed by atoms with Crippen molar-refractivity contribution in [2.24, 2.45) is 0 Å². The molecule has 1 aromatic carbocycles. The van der Waals surface area contributed by atoms with Gasteiger partial charge in [-0.2, -0.15) is 0 Å². The number of benzene rings is 1. The fourth-order valence-corrected chi connectivity index (χ4v) is 2.63. The van der Waals surface area contributed by atoms with Gasteiger partial charge >= 0.3 is 0 Å². The highest BCUT2D eigenvalue weighted by Gasteiger charge is 2.17. The van der Waals surface area contributed by atoms with Crippen molar-refractivity contribution in [1.82, 2.24) is 0 Å². The highest BCUT2D eigenvalue weighted by Crippen LogP contribution is 2.15. The molecule has 1 aliphatic heterocycles. The molecule has 3 nitrogen and oxygen atoms in total. The van der Waals surface area contributed by atoms with Gasteiger partial charge in [0.05, 0.1) is 13.1 Å². The van der Waals surface area contributed by atoms with Crippen molar-refractivity contribution >= 4 is 27.5 Å². The Balaban J connectivity index is 1.84. The zero-order valence-corrected chi connectivity index (χ0v) is 11.4. The molecule has 0 unspecified atom stereocenters. The molecule has 0 atom stereocenters. The van der Waals surface area contributed by atoms with Crippen LogP contribution in [0.25, 0.3) is 0 Å². The topological polar surface area (TPSA) is 33.5 Å². The zero-order chi connectivity index (χ0) is 12.1. The summed E-state index contributed by atoms with van der Waals surface area (Å²) in [6.07, 6.45) is 3.82. The van der Waals surface area contributed by atoms with Crippen LogP contribution in [0, 0.1) is 0 Å². The van der Waals surface area contributed by atoms with Crippen molar-refractivity contribution < 1.29 is 9.69 Å². The van der Waals surface area contributed by atoms with Crippen LogP contribution in [0.5, 0.6) is 0 Å². The van der Waals surface area contributed by atoms with Gasteiger partial charge in [0, 0.05) is 10.2 Å². The highest BCUT2D eigenvalue weighted by atomic mass is 79.9. The first-order valence-electron chi connectivity index (χ1n) is 6.13. The van der Waals surface area contributed by atoms with Crippen molar-refractivity contribution in [1.29, 1.82) is 0 Å². The first kappa shape index (κ1) is 12.6. The number of anilines is 1. The molecular weight excluding hydrogens is 280 g/mol. The standard InChI is InChI=1S/C13H17BrN2O/c14-11-5-4-6-12(9-11)15-13(17)10-16-7-2-1-3-8-16/h4-6,9H,1-3,7-8,10H2,(H,15,17)/p+1. The summed E-state index contributed by atoms with van der Waals surface area (Å²) in [4.78, 5) is 13.3. The fraction of sp³-hybridized carbons (Fsp3) is 0.462. The third-order valence-electron chi connectivity index (χ3n) is 3.08. The van der Waals surface area contributed by atoms with Crippen LogP contribution in [-0.2, 0) is 4.79 Å². The Morgan fingerprint density at radius 3 is 2.76 bits per heavy atom. The van der Waals surface area contributed by atoms with E-state index in [4.69, 9.17) is 0 Å². The first-order chi connectivity index (χ1) is 8.24. The summed E-state index contributed by atoms with van der Waals surface area (Å²) in [5.74, 6) is 0.111. The summed E-state index contributed by atoms with van der Waals surface area (Å²) >= 11 is 3.39. The van der Waals surface area contributed by atoms with Gasteiger partial charge in [-0.1, -0.05) is 22.0 Å². The van der Waals surface area contributed by atoms with Gasteiger partial charge in [0.1, 0.15) is 0 Å². The predicted molar refractivity (Wildman–Crippen MR) is 72.2 cm³/mol. The van der Waals surface area contributed by atoms with Gasteiger partial charge in [-0.15, -0.1) is 0 Å². The van der Waals surface area contributed by atoms with Crippen molar-refractivity contribution in [3.05, 3.63) is 28.7 Å². The lowest BCUT2D eigenvalue weighted by Crippen LogP contribution is -3.13. The number of carbonyl (C=O) groups is 1. The largest absolute Gasteiger partial charge is 0.327 e. The Bertz CT molecular complexity index is 389. The summed E-state index contributed by atoms with van der Waals surface area (Å²) in [7, 11) is 0. The number of rotatable bonds is 3. The molecule has 17 heavy (non-hydrogen) atoms. The molecule has 0 aromatic heterocycles. The van der Waals surface area contributed by atoms with Crippen molar-refractivity contribution in [3.8, 4) is 0 Å². The Kier molecular flexibility index (Phi) is 4.57. The molecule has 92 valence electrons. The smallest absolute Gasteiger partial charge is 0.279 e. The van der Waals surface area contributed by atoms with E-state index in [1.165, 1.54) is 24.2 Å². The maximum Gasteiger partial charge on any atom is 0.279 e. The second-order valence-corrected chi connectivity index (χ2v) is 5.46. The van der Waals surface area contributed by atoms with Crippen molar-refractivity contribution in [3.63, 3.8) is 0 Å². The van der Waals surface area contributed by atoms with Gasteiger partial charge in [-0.05, 0) is 37.5 Å². The van der Waals surface area contributed by atoms with E-state index in [-0.39, 0.29) is 5.91 Å². The van der Waals surface area contributed by atoms with Crippen LogP contribution in [0.3, 0.4) is 0 Å². The van der Waals surface area contributed by atoms with E-state index >= 15 is 0 Å². The fourth-order valence-electron chi connectivity index (χ4n) is 2.23. The maximum absolute atomic E-state index is 11.8. The van der Waals surface area contributed by atoms with Crippen LogP contribution in [0.15, 0.2) is 28.7 Å². The van der Waals surface area contributed by atoms with Crippen LogP contribution >= 0.6 is 15.9 Å². The number of amides is 1. The van der Waals surface area contributed by atoms with Crippen LogP contribution < -0.4 is 10.2 Å². The number of nitrogens with one attached hydrogen (secondary N) is 2. The van der Waals surface area contributed by atoms with Gasteiger partial charge in [-0.25, -0.2) is 0 Å². The van der Waals surface area contributed by atoms with E-state index in [2.05, 4.69) is 21.2 Å². The minimum atomic E-state index is 0.111. The number of quaternary nitrogens is 1. The molecular formula is C13H18BrN2O+. The lowest BCUT2D eigenvalue weighted by molar-refractivity contribution is -0.896. The summed E-state index contributed by atoms with van der Waals surface area (Å²) in [5, 5.41) is 2.94. The van der Waals surface area contributed by atoms with Gasteiger partial charge in [0.2, 0.25) is 0 Å². The van der Waals surface area contributed by atoms with E-state index in [1.807, 2.05) is 24.3 Å². The Labute approximate surface area is 110 Å². The molecule has 0 aliphatic carbocycles. The van der Waals surface area contributed by atoms with Gasteiger partial charge in [-0.3, -0.25) is 4.79 Å². The lowest BCUT2D eigenvalue weighted by Gasteiger charge is -2.22. The number of hydrogen-bond acceptors (Lipinski definition) is 1. The SMILES string of the molecule is O=C(C[NH+]1CCCCC1)Nc1cccc(Br)c1. The van der Waals surface area contributed by atoms with Crippen LogP contribution in [0.1, 0.15) is 19.3 Å². The summed E-state index contributed by atoms with van der Waals surface area (Å²) in [6.45, 7) is 2.85. The molecule has 0 bridgehead atoms. The molecule has 1 aromatic rings. The van der Waals surface area contributed by atoms with E-state index < -0.39 is 0 Å². The molecule has 1 heterocycles. The summed E-state index contributed by atoms with van der Waals surface area (Å²) in [5.41, 5.74) is 0.862. The second kappa shape index (κ2) is 6.17. The van der Waals surface area contributed by atoms with Gasteiger partial charge in [0.15, 0.2) is 6.54 Å². The Hall–Kier alpha value is -0.870. The van der Waals surface area contributed by atoms with E-state index in [0.29, 0.717) is 6.54 Å². The minimum absolute atomic E-state index is 0.111. The Morgan fingerprint density at radius 1 is 1.29 bits per heavy atom. The minimum Gasteiger partial charge on any atom is -0.327 e. The summed E-state index contributed by atoms with van der Waals surface area (Å²) < 4.78 is 0.987. The second-order valence-electron chi connectivity index (χ2n) is 4.55. The lowest BCUT2D eigenvalue weighted by atomic mass is 10.1. The number of likely N-dealkylation sites (tertiary alicyclic amines) is 1.